The molecule has 51 heavy (non-hydrogen) atoms. The van der Waals surface area contributed by atoms with Gasteiger partial charge in [0.25, 0.3) is 0 Å². The lowest BCUT2D eigenvalue weighted by atomic mass is 9.46. The normalized spacial score (nSPS) is 51.4. The largest absolute Gasteiger partial charge is 0.396 e. The fourth-order valence-corrected chi connectivity index (χ4v) is 15.5. The fraction of sp³-hybridized carbons (Fsp3) is 0.875. The summed E-state index contributed by atoms with van der Waals surface area (Å²) in [6.45, 7) is 23.4. The molecule has 0 aromatic heterocycles. The molecule has 6 saturated carbocycles. The molecule has 0 saturated heterocycles. The molecule has 0 amide bonds. The van der Waals surface area contributed by atoms with Crippen LogP contribution in [0, 0.1) is 74.9 Å². The average Bonchev–Trinajstić information content (AvgIpc) is 3.58. The highest BCUT2D eigenvalue weighted by atomic mass is 16.3. The van der Waals surface area contributed by atoms with E-state index in [2.05, 4.69) is 60.3 Å². The van der Waals surface area contributed by atoms with Crippen molar-refractivity contribution in [1.82, 2.24) is 0 Å². The van der Waals surface area contributed by atoms with E-state index < -0.39 is 11.2 Å². The molecule has 0 bridgehead atoms. The van der Waals surface area contributed by atoms with Crippen LogP contribution >= 0.6 is 0 Å². The van der Waals surface area contributed by atoms with Gasteiger partial charge in [0, 0.05) is 6.61 Å². The third-order valence-corrected chi connectivity index (χ3v) is 18.4. The summed E-state index contributed by atoms with van der Waals surface area (Å²) in [6, 6.07) is 0. The molecule has 0 unspecified atom stereocenters. The Morgan fingerprint density at radius 1 is 0.667 bits per heavy atom. The second-order valence-electron chi connectivity index (χ2n) is 21.3. The molecule has 8 aliphatic carbocycles. The molecular formula is C48H82O3. The van der Waals surface area contributed by atoms with Crippen molar-refractivity contribution in [3.05, 3.63) is 35.5 Å². The van der Waals surface area contributed by atoms with E-state index in [1.165, 1.54) is 76.2 Å². The maximum Gasteiger partial charge on any atom is 0.0657 e. The summed E-state index contributed by atoms with van der Waals surface area (Å²) in [7, 11) is 0. The van der Waals surface area contributed by atoms with E-state index in [1.54, 1.807) is 11.1 Å². The Kier molecular flexibility index (Phi) is 11.3. The van der Waals surface area contributed by atoms with Gasteiger partial charge in [-0.15, -0.1) is 0 Å². The van der Waals surface area contributed by atoms with E-state index >= 15 is 0 Å². The van der Waals surface area contributed by atoms with Gasteiger partial charge in [0.2, 0.25) is 0 Å². The van der Waals surface area contributed by atoms with E-state index in [1.807, 2.05) is 13.8 Å². The van der Waals surface area contributed by atoms with Crippen LogP contribution in [0.5, 0.6) is 0 Å². The van der Waals surface area contributed by atoms with Crippen LogP contribution in [0.3, 0.4) is 0 Å². The molecule has 0 radical (unpaired) electrons. The first-order chi connectivity index (χ1) is 22.9. The summed E-state index contributed by atoms with van der Waals surface area (Å²) in [4.78, 5) is 0. The van der Waals surface area contributed by atoms with E-state index in [-0.39, 0.29) is 14.9 Å². The van der Waals surface area contributed by atoms with Crippen molar-refractivity contribution in [2.75, 3.05) is 6.61 Å². The van der Waals surface area contributed by atoms with Gasteiger partial charge in [-0.25, -0.2) is 0 Å². The molecule has 0 spiro atoms. The quantitative estimate of drug-likeness (QED) is 0.256. The first kappa shape index (κ1) is 41.3. The Morgan fingerprint density at radius 2 is 1.12 bits per heavy atom. The fourth-order valence-electron chi connectivity index (χ4n) is 15.5. The minimum absolute atomic E-state index is 0. The van der Waals surface area contributed by atoms with Gasteiger partial charge in [-0.1, -0.05) is 84.9 Å². The number of hydrogen-bond acceptors (Lipinski definition) is 3. The summed E-state index contributed by atoms with van der Waals surface area (Å²) < 4.78 is 0. The van der Waals surface area contributed by atoms with Crippen LogP contribution in [-0.4, -0.2) is 33.1 Å². The van der Waals surface area contributed by atoms with Gasteiger partial charge in [0.15, 0.2) is 0 Å². The summed E-state index contributed by atoms with van der Waals surface area (Å²) in [6.07, 6.45) is 24.5. The minimum Gasteiger partial charge on any atom is -0.396 e. The van der Waals surface area contributed by atoms with Crippen molar-refractivity contribution in [3.8, 4) is 0 Å². The molecular weight excluding hydrogens is 625 g/mol. The number of allylic oxidation sites excluding steroid dienone is 3. The van der Waals surface area contributed by atoms with Crippen LogP contribution in [0.15, 0.2) is 35.5 Å². The van der Waals surface area contributed by atoms with Gasteiger partial charge in [-0.2, -0.15) is 0 Å². The van der Waals surface area contributed by atoms with Gasteiger partial charge in [-0.3, -0.25) is 0 Å². The number of aliphatic hydroxyl groups is 3. The molecule has 0 heterocycles. The van der Waals surface area contributed by atoms with Crippen molar-refractivity contribution in [2.45, 2.75) is 184 Å². The van der Waals surface area contributed by atoms with Gasteiger partial charge in [-0.05, 0) is 198 Å². The van der Waals surface area contributed by atoms with Crippen LogP contribution < -0.4 is 0 Å². The average molecular weight is 707 g/mol. The summed E-state index contributed by atoms with van der Waals surface area (Å²) in [5.74, 6) is 6.96. The molecule has 8 rings (SSSR count). The Hall–Kier alpha value is -0.900. The van der Waals surface area contributed by atoms with Gasteiger partial charge in [0.1, 0.15) is 0 Å². The third kappa shape index (κ3) is 6.54. The second-order valence-corrected chi connectivity index (χ2v) is 21.3. The molecule has 0 aliphatic heterocycles. The van der Waals surface area contributed by atoms with Crippen molar-refractivity contribution in [2.24, 2.45) is 74.9 Å². The summed E-state index contributed by atoms with van der Waals surface area (Å²) in [5, 5.41) is 30.9. The molecule has 3 heteroatoms. The topological polar surface area (TPSA) is 60.7 Å². The molecule has 6 fully saturated rings. The van der Waals surface area contributed by atoms with Crippen LogP contribution in [0.4, 0.5) is 0 Å². The van der Waals surface area contributed by atoms with E-state index in [9.17, 15) is 15.3 Å². The van der Waals surface area contributed by atoms with E-state index in [0.717, 1.165) is 73.5 Å². The number of aliphatic hydroxyl groups excluding tert-OH is 1. The van der Waals surface area contributed by atoms with Crippen molar-refractivity contribution in [3.63, 3.8) is 0 Å². The van der Waals surface area contributed by atoms with Crippen molar-refractivity contribution < 1.29 is 15.3 Å². The Labute approximate surface area is 315 Å². The monoisotopic (exact) mass is 707 g/mol. The molecule has 8 aliphatic rings. The maximum absolute atomic E-state index is 10.6. The third-order valence-electron chi connectivity index (χ3n) is 18.4. The van der Waals surface area contributed by atoms with Crippen LogP contribution in [0.2, 0.25) is 0 Å². The zero-order valence-corrected chi connectivity index (χ0v) is 32.9. The lowest BCUT2D eigenvalue weighted by molar-refractivity contribution is -0.0723. The number of fused-ring (bicyclic) bond motifs is 10. The number of hydrogen-bond donors (Lipinski definition) is 3. The SMILES string of the molecule is C.C.C=C(C)[C@H]1CC[C@H]2[C@@H]3CC=C4C[C@@](C)(O)CC[C@]4(C)[C@H]3CC[C@]12C.C[C@H](CO)[C@H]1CC[C@H]2[C@@H]3CC=C4C[C@@](C)(O)CC[C@]4(C)[C@H]3CC[C@]12C. The van der Waals surface area contributed by atoms with Gasteiger partial charge in [0.05, 0.1) is 11.2 Å². The van der Waals surface area contributed by atoms with Crippen LogP contribution in [0.1, 0.15) is 173 Å². The second kappa shape index (κ2) is 14.0. The zero-order valence-electron chi connectivity index (χ0n) is 32.9. The smallest absolute Gasteiger partial charge is 0.0657 e. The zero-order chi connectivity index (χ0) is 35.4. The molecule has 3 N–H and O–H groups in total. The highest BCUT2D eigenvalue weighted by Crippen LogP contribution is 2.69. The highest BCUT2D eigenvalue weighted by molar-refractivity contribution is 5.28. The van der Waals surface area contributed by atoms with E-state index in [4.69, 9.17) is 0 Å². The molecule has 3 nitrogen and oxygen atoms in total. The predicted molar refractivity (Wildman–Crippen MR) is 216 cm³/mol. The summed E-state index contributed by atoms with van der Waals surface area (Å²) in [5.41, 5.74) is 5.22. The predicted octanol–water partition coefficient (Wildman–Crippen LogP) is 12.1. The Bertz CT molecular complexity index is 1350. The standard InChI is InChI=1S/C23H38O2.C23H36O.2CH4/c1-15(14-24)18-7-8-19-17-6-5-16-13-21(2,25)11-12-22(16,3)20(17)9-10-23(18,19)4;1-15(2)18-8-9-19-17-7-6-16-14-21(3,24)12-13-22(16,4)20(17)10-11-23(18,19)5;;/h5,15,17-20,24-25H,6-14H2,1-4H3;6,17-20,24H,1,7-14H2,2-5H3;2*1H4/t15-,17+,18-,19+,20+,21+,22+,23-;17-,18+,19-,20-,21-,22-,23+;;/m10../s1. The van der Waals surface area contributed by atoms with Crippen molar-refractivity contribution in [1.29, 1.82) is 0 Å². The Balaban J connectivity index is 0.000000190. The first-order valence-corrected chi connectivity index (χ1v) is 21.0. The molecule has 292 valence electrons. The van der Waals surface area contributed by atoms with Crippen LogP contribution in [-0.2, 0) is 0 Å². The summed E-state index contributed by atoms with van der Waals surface area (Å²) >= 11 is 0. The van der Waals surface area contributed by atoms with Crippen molar-refractivity contribution >= 4 is 0 Å². The Morgan fingerprint density at radius 3 is 1.59 bits per heavy atom. The molecule has 0 aromatic rings. The minimum atomic E-state index is -0.490. The van der Waals surface area contributed by atoms with Gasteiger partial charge >= 0.3 is 0 Å². The first-order valence-electron chi connectivity index (χ1n) is 21.0. The van der Waals surface area contributed by atoms with Gasteiger partial charge < -0.3 is 15.3 Å². The molecule has 15 atom stereocenters. The lowest BCUT2D eigenvalue weighted by Gasteiger charge is -2.59. The lowest BCUT2D eigenvalue weighted by Crippen LogP contribution is -2.52. The highest BCUT2D eigenvalue weighted by Gasteiger charge is 2.61. The van der Waals surface area contributed by atoms with Crippen LogP contribution in [0.25, 0.3) is 0 Å². The van der Waals surface area contributed by atoms with E-state index in [0.29, 0.717) is 40.1 Å². The number of rotatable bonds is 3. The maximum atomic E-state index is 10.6. The molecule has 0 aromatic carbocycles.